The highest BCUT2D eigenvalue weighted by molar-refractivity contribution is 5.94. The summed E-state index contributed by atoms with van der Waals surface area (Å²) < 4.78 is 2.21. The van der Waals surface area contributed by atoms with E-state index in [0.29, 0.717) is 18.1 Å². The van der Waals surface area contributed by atoms with Crippen molar-refractivity contribution in [2.45, 2.75) is 32.2 Å². The van der Waals surface area contributed by atoms with Gasteiger partial charge in [-0.25, -0.2) is 9.97 Å². The van der Waals surface area contributed by atoms with Crippen LogP contribution in [0.3, 0.4) is 0 Å². The minimum absolute atomic E-state index is 0.0621. The number of para-hydroxylation sites is 2. The van der Waals surface area contributed by atoms with Crippen LogP contribution >= 0.6 is 0 Å². The quantitative estimate of drug-likeness (QED) is 0.759. The van der Waals surface area contributed by atoms with Crippen LogP contribution in [-0.4, -0.2) is 20.4 Å². The SMILES string of the molecule is CC(C)n1c(C2CC(=O)Nc3nc(N)ccc32)nc2ccccc21. The van der Waals surface area contributed by atoms with Crippen molar-refractivity contribution in [2.24, 2.45) is 0 Å². The summed E-state index contributed by atoms with van der Waals surface area (Å²) in [5.41, 5.74) is 8.75. The molecule has 1 amide bonds. The van der Waals surface area contributed by atoms with Crippen LogP contribution in [0.2, 0.25) is 0 Å². The highest BCUT2D eigenvalue weighted by Gasteiger charge is 2.32. The van der Waals surface area contributed by atoms with Crippen LogP contribution in [0.4, 0.5) is 11.6 Å². The highest BCUT2D eigenvalue weighted by Crippen LogP contribution is 2.38. The number of aromatic nitrogens is 3. The summed E-state index contributed by atoms with van der Waals surface area (Å²) in [6.07, 6.45) is 0.356. The van der Waals surface area contributed by atoms with Gasteiger partial charge >= 0.3 is 0 Å². The van der Waals surface area contributed by atoms with Gasteiger partial charge in [0.25, 0.3) is 0 Å². The fourth-order valence-electron chi connectivity index (χ4n) is 3.43. The molecule has 24 heavy (non-hydrogen) atoms. The van der Waals surface area contributed by atoms with Gasteiger partial charge in [-0.1, -0.05) is 18.2 Å². The second-order valence-corrected chi connectivity index (χ2v) is 6.40. The van der Waals surface area contributed by atoms with Crippen molar-refractivity contribution >= 4 is 28.6 Å². The van der Waals surface area contributed by atoms with Crippen molar-refractivity contribution in [3.63, 3.8) is 0 Å². The number of amides is 1. The van der Waals surface area contributed by atoms with E-state index in [1.54, 1.807) is 6.07 Å². The summed E-state index contributed by atoms with van der Waals surface area (Å²) in [6.45, 7) is 4.26. The van der Waals surface area contributed by atoms with Crippen LogP contribution in [0.25, 0.3) is 11.0 Å². The standard InChI is InChI=1S/C18H19N5O/c1-10(2)23-14-6-4-3-5-13(14)20-18(23)12-9-16(24)22-17-11(12)7-8-15(19)21-17/h3-8,10,12H,9H2,1-2H3,(H3,19,21,22,24). The lowest BCUT2D eigenvalue weighted by atomic mass is 9.91. The van der Waals surface area contributed by atoms with Crippen LogP contribution in [0.5, 0.6) is 0 Å². The van der Waals surface area contributed by atoms with Gasteiger partial charge in [0, 0.05) is 18.0 Å². The number of benzene rings is 1. The van der Waals surface area contributed by atoms with E-state index in [4.69, 9.17) is 10.7 Å². The number of anilines is 2. The maximum atomic E-state index is 12.2. The zero-order chi connectivity index (χ0) is 16.8. The number of hydrogen-bond donors (Lipinski definition) is 2. The number of carbonyl (C=O) groups excluding carboxylic acids is 1. The summed E-state index contributed by atoms with van der Waals surface area (Å²) >= 11 is 0. The van der Waals surface area contributed by atoms with Crippen molar-refractivity contribution in [1.82, 2.24) is 14.5 Å². The van der Waals surface area contributed by atoms with E-state index in [1.807, 2.05) is 24.3 Å². The summed E-state index contributed by atoms with van der Waals surface area (Å²) in [7, 11) is 0. The van der Waals surface area contributed by atoms with Crippen molar-refractivity contribution in [1.29, 1.82) is 0 Å². The Balaban J connectivity index is 1.95. The topological polar surface area (TPSA) is 85.8 Å². The molecule has 1 aliphatic heterocycles. The number of imidazole rings is 1. The molecule has 0 radical (unpaired) electrons. The van der Waals surface area contributed by atoms with E-state index in [1.165, 1.54) is 0 Å². The molecule has 3 aromatic rings. The first kappa shape index (κ1) is 14.7. The van der Waals surface area contributed by atoms with Gasteiger partial charge in [-0.2, -0.15) is 0 Å². The lowest BCUT2D eigenvalue weighted by Gasteiger charge is -2.26. The largest absolute Gasteiger partial charge is 0.384 e. The predicted octanol–water partition coefficient (Wildman–Crippen LogP) is 3.07. The highest BCUT2D eigenvalue weighted by atomic mass is 16.1. The monoisotopic (exact) mass is 321 g/mol. The number of hydrogen-bond acceptors (Lipinski definition) is 4. The third kappa shape index (κ3) is 2.22. The Morgan fingerprint density at radius 3 is 2.79 bits per heavy atom. The van der Waals surface area contributed by atoms with E-state index in [0.717, 1.165) is 22.4 Å². The maximum absolute atomic E-state index is 12.2. The number of fused-ring (bicyclic) bond motifs is 2. The number of rotatable bonds is 2. The number of nitrogen functional groups attached to an aromatic ring is 1. The Morgan fingerprint density at radius 1 is 1.21 bits per heavy atom. The summed E-state index contributed by atoms with van der Waals surface area (Å²) in [6, 6.07) is 12.0. The predicted molar refractivity (Wildman–Crippen MR) is 93.9 cm³/mol. The molecule has 1 aromatic carbocycles. The Labute approximate surface area is 139 Å². The normalized spacial score (nSPS) is 17.1. The first-order valence-electron chi connectivity index (χ1n) is 8.07. The third-order valence-corrected chi connectivity index (χ3v) is 4.42. The van der Waals surface area contributed by atoms with E-state index >= 15 is 0 Å². The van der Waals surface area contributed by atoms with Gasteiger partial charge < -0.3 is 15.6 Å². The summed E-state index contributed by atoms with van der Waals surface area (Å²) in [5, 5.41) is 2.82. The van der Waals surface area contributed by atoms with Gasteiger partial charge in [-0.15, -0.1) is 0 Å². The lowest BCUT2D eigenvalue weighted by Crippen LogP contribution is -2.26. The molecule has 1 aliphatic rings. The number of pyridine rings is 1. The van der Waals surface area contributed by atoms with Gasteiger partial charge in [0.05, 0.1) is 17.0 Å². The number of nitrogens with two attached hydrogens (primary N) is 1. The van der Waals surface area contributed by atoms with Gasteiger partial charge in [0.15, 0.2) is 0 Å². The number of nitrogens with one attached hydrogen (secondary N) is 1. The Morgan fingerprint density at radius 2 is 2.00 bits per heavy atom. The fourth-order valence-corrected chi connectivity index (χ4v) is 3.43. The maximum Gasteiger partial charge on any atom is 0.226 e. The second-order valence-electron chi connectivity index (χ2n) is 6.40. The zero-order valence-corrected chi connectivity index (χ0v) is 13.7. The lowest BCUT2D eigenvalue weighted by molar-refractivity contribution is -0.116. The van der Waals surface area contributed by atoms with Crippen molar-refractivity contribution in [3.05, 3.63) is 47.8 Å². The van der Waals surface area contributed by atoms with E-state index in [-0.39, 0.29) is 17.9 Å². The Hall–Kier alpha value is -2.89. The fraction of sp³-hybridized carbons (Fsp3) is 0.278. The average Bonchev–Trinajstić information content (AvgIpc) is 2.93. The molecule has 122 valence electrons. The van der Waals surface area contributed by atoms with Gasteiger partial charge in [-0.3, -0.25) is 4.79 Å². The molecule has 0 saturated carbocycles. The zero-order valence-electron chi connectivity index (χ0n) is 13.7. The first-order valence-corrected chi connectivity index (χ1v) is 8.07. The Bertz CT molecular complexity index is 944. The van der Waals surface area contributed by atoms with Crippen LogP contribution in [-0.2, 0) is 4.79 Å². The van der Waals surface area contributed by atoms with Crippen molar-refractivity contribution < 1.29 is 4.79 Å². The molecule has 0 bridgehead atoms. The summed E-state index contributed by atoms with van der Waals surface area (Å²) in [5.74, 6) is 1.64. The van der Waals surface area contributed by atoms with Crippen LogP contribution in [0, 0.1) is 0 Å². The van der Waals surface area contributed by atoms with Gasteiger partial charge in [0.1, 0.15) is 17.5 Å². The van der Waals surface area contributed by atoms with Crippen LogP contribution in [0.15, 0.2) is 36.4 Å². The molecule has 6 nitrogen and oxygen atoms in total. The summed E-state index contributed by atoms with van der Waals surface area (Å²) in [4.78, 5) is 21.3. The molecule has 0 fully saturated rings. The van der Waals surface area contributed by atoms with Crippen LogP contribution in [0.1, 0.15) is 43.6 Å². The molecule has 3 N–H and O–H groups in total. The second kappa shape index (κ2) is 5.33. The molecule has 3 heterocycles. The van der Waals surface area contributed by atoms with Gasteiger partial charge in [-0.05, 0) is 32.0 Å². The van der Waals surface area contributed by atoms with Crippen LogP contribution < -0.4 is 11.1 Å². The molecular weight excluding hydrogens is 302 g/mol. The van der Waals surface area contributed by atoms with E-state index in [2.05, 4.69) is 34.8 Å². The van der Waals surface area contributed by atoms with Crippen molar-refractivity contribution in [3.8, 4) is 0 Å². The molecule has 6 heteroatoms. The third-order valence-electron chi connectivity index (χ3n) is 4.42. The first-order chi connectivity index (χ1) is 11.5. The molecule has 0 spiro atoms. The minimum Gasteiger partial charge on any atom is -0.384 e. The minimum atomic E-state index is -0.128. The van der Waals surface area contributed by atoms with E-state index < -0.39 is 0 Å². The average molecular weight is 321 g/mol. The van der Waals surface area contributed by atoms with E-state index in [9.17, 15) is 4.79 Å². The number of nitrogens with zero attached hydrogens (tertiary/aromatic N) is 3. The van der Waals surface area contributed by atoms with Gasteiger partial charge in [0.2, 0.25) is 5.91 Å². The molecule has 2 aromatic heterocycles. The molecule has 0 saturated heterocycles. The number of carbonyl (C=O) groups is 1. The molecule has 4 rings (SSSR count). The molecular formula is C18H19N5O. The van der Waals surface area contributed by atoms with Crippen molar-refractivity contribution in [2.75, 3.05) is 11.1 Å². The molecule has 1 unspecified atom stereocenters. The smallest absolute Gasteiger partial charge is 0.226 e. The molecule has 0 aliphatic carbocycles. The molecule has 1 atom stereocenters. The Kier molecular flexibility index (Phi) is 3.26.